The van der Waals surface area contributed by atoms with Crippen molar-refractivity contribution in [3.63, 3.8) is 0 Å². The molecule has 1 atom stereocenters. The number of rotatable bonds is 5. The number of benzene rings is 1. The molecule has 0 spiro atoms. The maximum atomic E-state index is 11.9. The Bertz CT molecular complexity index is 650. The molecule has 0 radical (unpaired) electrons. The van der Waals surface area contributed by atoms with Crippen LogP contribution in [-0.2, 0) is 23.9 Å². The number of esters is 1. The van der Waals surface area contributed by atoms with Crippen LogP contribution in [0.3, 0.4) is 0 Å². The van der Waals surface area contributed by atoms with Gasteiger partial charge in [-0.2, -0.15) is 0 Å². The predicted molar refractivity (Wildman–Crippen MR) is 78.2 cm³/mol. The van der Waals surface area contributed by atoms with Gasteiger partial charge in [0, 0.05) is 12.1 Å². The highest BCUT2D eigenvalue weighted by Crippen LogP contribution is 2.19. The predicted octanol–water partition coefficient (Wildman–Crippen LogP) is 1.33. The molecule has 0 aromatic heterocycles. The van der Waals surface area contributed by atoms with Crippen LogP contribution in [0.5, 0.6) is 0 Å². The second-order valence-electron chi connectivity index (χ2n) is 5.28. The van der Waals surface area contributed by atoms with E-state index in [0.717, 1.165) is 11.1 Å². The standard InChI is InChI=1S/C16H17NO5/c1-9-4-3-5-12(10(9)2)17-15(20)14(19)8-13(18)11-6-7-22-16(11)21/h3-5,11H,6-8H2,1-2H3,(H,17,20)/t11-/m1/s1. The molecule has 0 bridgehead atoms. The molecule has 0 unspecified atom stereocenters. The summed E-state index contributed by atoms with van der Waals surface area (Å²) in [7, 11) is 0. The number of nitrogens with one attached hydrogen (secondary N) is 1. The lowest BCUT2D eigenvalue weighted by molar-refractivity contribution is -0.145. The van der Waals surface area contributed by atoms with Gasteiger partial charge in [0.2, 0.25) is 5.78 Å². The second-order valence-corrected chi connectivity index (χ2v) is 5.28. The van der Waals surface area contributed by atoms with E-state index in [4.69, 9.17) is 0 Å². The number of Topliss-reactive ketones (excluding diaryl/α,β-unsaturated/α-hetero) is 2. The quantitative estimate of drug-likeness (QED) is 0.503. The number of aryl methyl sites for hydroxylation is 1. The van der Waals surface area contributed by atoms with E-state index in [-0.39, 0.29) is 13.0 Å². The molecule has 1 heterocycles. The normalized spacial score (nSPS) is 17.0. The van der Waals surface area contributed by atoms with Crippen LogP contribution in [-0.4, -0.2) is 30.0 Å². The molecule has 0 aliphatic carbocycles. The molecular formula is C16H17NO5. The number of hydrogen-bond acceptors (Lipinski definition) is 5. The Morgan fingerprint density at radius 3 is 2.64 bits per heavy atom. The van der Waals surface area contributed by atoms with Crippen LogP contribution in [0.4, 0.5) is 5.69 Å². The zero-order valence-corrected chi connectivity index (χ0v) is 12.5. The summed E-state index contributed by atoms with van der Waals surface area (Å²) in [6.45, 7) is 3.90. The molecule has 1 aromatic carbocycles. The van der Waals surface area contributed by atoms with Crippen LogP contribution < -0.4 is 5.32 Å². The molecule has 22 heavy (non-hydrogen) atoms. The number of ether oxygens (including phenoxy) is 1. The molecule has 1 aromatic rings. The molecule has 0 saturated carbocycles. The summed E-state index contributed by atoms with van der Waals surface area (Å²) in [6.07, 6.45) is -0.319. The molecule has 6 nitrogen and oxygen atoms in total. The van der Waals surface area contributed by atoms with Crippen molar-refractivity contribution in [3.8, 4) is 0 Å². The van der Waals surface area contributed by atoms with Crippen LogP contribution in [0.2, 0.25) is 0 Å². The molecular weight excluding hydrogens is 286 g/mol. The van der Waals surface area contributed by atoms with Crippen LogP contribution in [0.15, 0.2) is 18.2 Å². The number of anilines is 1. The Balaban J connectivity index is 1.98. The summed E-state index contributed by atoms with van der Waals surface area (Å²) >= 11 is 0. The first-order valence-electron chi connectivity index (χ1n) is 7.00. The van der Waals surface area contributed by atoms with Gasteiger partial charge in [-0.05, 0) is 31.0 Å². The Labute approximate surface area is 127 Å². The zero-order chi connectivity index (χ0) is 16.3. The van der Waals surface area contributed by atoms with E-state index < -0.39 is 35.8 Å². The van der Waals surface area contributed by atoms with Crippen molar-refractivity contribution in [3.05, 3.63) is 29.3 Å². The topological polar surface area (TPSA) is 89.5 Å². The number of carbonyl (C=O) groups is 4. The monoisotopic (exact) mass is 303 g/mol. The molecule has 1 fully saturated rings. The molecule has 2 rings (SSSR count). The third-order valence-corrected chi connectivity index (χ3v) is 3.76. The maximum absolute atomic E-state index is 11.9. The first kappa shape index (κ1) is 15.9. The van der Waals surface area contributed by atoms with Crippen molar-refractivity contribution < 1.29 is 23.9 Å². The van der Waals surface area contributed by atoms with Gasteiger partial charge in [-0.3, -0.25) is 19.2 Å². The number of ketones is 2. The average Bonchev–Trinajstić information content (AvgIpc) is 2.90. The van der Waals surface area contributed by atoms with Gasteiger partial charge < -0.3 is 10.1 Å². The first-order valence-corrected chi connectivity index (χ1v) is 7.00. The molecule has 1 N–H and O–H groups in total. The molecule has 6 heteroatoms. The Morgan fingerprint density at radius 2 is 2.00 bits per heavy atom. The lowest BCUT2D eigenvalue weighted by Gasteiger charge is -2.10. The van der Waals surface area contributed by atoms with Gasteiger partial charge in [-0.1, -0.05) is 12.1 Å². The smallest absolute Gasteiger partial charge is 0.316 e. The SMILES string of the molecule is Cc1cccc(NC(=O)C(=O)CC(=O)[C@H]2CCOC2=O)c1C. The van der Waals surface area contributed by atoms with Gasteiger partial charge in [0.25, 0.3) is 5.91 Å². The average molecular weight is 303 g/mol. The van der Waals surface area contributed by atoms with Gasteiger partial charge in [0.05, 0.1) is 13.0 Å². The van der Waals surface area contributed by atoms with Crippen molar-refractivity contribution in [2.24, 2.45) is 5.92 Å². The van der Waals surface area contributed by atoms with Crippen LogP contribution in [0, 0.1) is 19.8 Å². The van der Waals surface area contributed by atoms with E-state index in [9.17, 15) is 19.2 Å². The van der Waals surface area contributed by atoms with Crippen LogP contribution in [0.1, 0.15) is 24.0 Å². The third kappa shape index (κ3) is 3.39. The van der Waals surface area contributed by atoms with Crippen molar-refractivity contribution in [1.29, 1.82) is 0 Å². The molecule has 1 aliphatic heterocycles. The van der Waals surface area contributed by atoms with Crippen LogP contribution in [0.25, 0.3) is 0 Å². The fourth-order valence-corrected chi connectivity index (χ4v) is 2.23. The highest BCUT2D eigenvalue weighted by Gasteiger charge is 2.34. The van der Waals surface area contributed by atoms with E-state index in [1.165, 1.54) is 0 Å². The number of amides is 1. The lowest BCUT2D eigenvalue weighted by Crippen LogP contribution is -2.29. The Morgan fingerprint density at radius 1 is 1.27 bits per heavy atom. The van der Waals surface area contributed by atoms with Gasteiger partial charge in [0.15, 0.2) is 5.78 Å². The minimum atomic E-state index is -0.919. The van der Waals surface area contributed by atoms with Gasteiger partial charge in [-0.15, -0.1) is 0 Å². The van der Waals surface area contributed by atoms with Crippen molar-refractivity contribution in [1.82, 2.24) is 0 Å². The van der Waals surface area contributed by atoms with E-state index in [2.05, 4.69) is 10.1 Å². The summed E-state index contributed by atoms with van der Waals surface area (Å²) in [5.41, 5.74) is 2.37. The van der Waals surface area contributed by atoms with E-state index in [1.807, 2.05) is 19.9 Å². The fourth-order valence-electron chi connectivity index (χ4n) is 2.23. The van der Waals surface area contributed by atoms with Gasteiger partial charge >= 0.3 is 5.97 Å². The molecule has 1 amide bonds. The van der Waals surface area contributed by atoms with Crippen molar-refractivity contribution >= 4 is 29.1 Å². The van der Waals surface area contributed by atoms with E-state index >= 15 is 0 Å². The van der Waals surface area contributed by atoms with Gasteiger partial charge in [-0.25, -0.2) is 0 Å². The minimum absolute atomic E-state index is 0.179. The number of carbonyl (C=O) groups excluding carboxylic acids is 4. The second kappa shape index (κ2) is 6.51. The molecule has 1 saturated heterocycles. The molecule has 1 aliphatic rings. The maximum Gasteiger partial charge on any atom is 0.316 e. The summed E-state index contributed by atoms with van der Waals surface area (Å²) in [6, 6.07) is 5.34. The van der Waals surface area contributed by atoms with E-state index in [0.29, 0.717) is 5.69 Å². The number of cyclic esters (lactones) is 1. The lowest BCUT2D eigenvalue weighted by atomic mass is 9.98. The third-order valence-electron chi connectivity index (χ3n) is 3.76. The highest BCUT2D eigenvalue weighted by atomic mass is 16.5. The summed E-state index contributed by atoms with van der Waals surface area (Å²) in [4.78, 5) is 46.8. The fraction of sp³-hybridized carbons (Fsp3) is 0.375. The number of hydrogen-bond donors (Lipinski definition) is 1. The summed E-state index contributed by atoms with van der Waals surface area (Å²) in [5.74, 6) is -3.81. The largest absolute Gasteiger partial charge is 0.465 e. The summed E-state index contributed by atoms with van der Waals surface area (Å²) < 4.78 is 4.68. The zero-order valence-electron chi connectivity index (χ0n) is 12.5. The first-order chi connectivity index (χ1) is 10.4. The Kier molecular flexibility index (Phi) is 4.70. The van der Waals surface area contributed by atoms with Gasteiger partial charge in [0.1, 0.15) is 5.92 Å². The van der Waals surface area contributed by atoms with Crippen LogP contribution >= 0.6 is 0 Å². The minimum Gasteiger partial charge on any atom is -0.465 e. The molecule has 116 valence electrons. The summed E-state index contributed by atoms with van der Waals surface area (Å²) in [5, 5.41) is 2.50. The highest BCUT2D eigenvalue weighted by molar-refractivity contribution is 6.43. The van der Waals surface area contributed by atoms with Crippen molar-refractivity contribution in [2.75, 3.05) is 11.9 Å². The van der Waals surface area contributed by atoms with Crippen molar-refractivity contribution in [2.45, 2.75) is 26.7 Å². The Hall–Kier alpha value is -2.50. The van der Waals surface area contributed by atoms with E-state index in [1.54, 1.807) is 12.1 Å².